The lowest BCUT2D eigenvalue weighted by molar-refractivity contribution is 0.186. The SMILES string of the molecule is CC(O)CCNS(=O)(=O)c1c(N)cc(Br)cc1Br. The highest BCUT2D eigenvalue weighted by molar-refractivity contribution is 9.11. The third kappa shape index (κ3) is 4.20. The monoisotopic (exact) mass is 400 g/mol. The number of hydrogen-bond donors (Lipinski definition) is 3. The lowest BCUT2D eigenvalue weighted by atomic mass is 10.3. The average Bonchev–Trinajstić information content (AvgIpc) is 2.13. The molecule has 1 aromatic rings. The molecule has 0 aliphatic heterocycles. The van der Waals surface area contributed by atoms with Crippen molar-refractivity contribution in [1.82, 2.24) is 4.72 Å². The summed E-state index contributed by atoms with van der Waals surface area (Å²) >= 11 is 6.40. The van der Waals surface area contributed by atoms with Crippen LogP contribution in [0.4, 0.5) is 5.69 Å². The highest BCUT2D eigenvalue weighted by Crippen LogP contribution is 2.31. The van der Waals surface area contributed by atoms with Gasteiger partial charge < -0.3 is 10.8 Å². The molecule has 0 spiro atoms. The normalized spacial score (nSPS) is 13.6. The molecule has 102 valence electrons. The summed E-state index contributed by atoms with van der Waals surface area (Å²) in [6.07, 6.45) is -0.216. The van der Waals surface area contributed by atoms with E-state index in [1.165, 1.54) is 6.07 Å². The number of anilines is 1. The minimum atomic E-state index is -3.69. The Labute approximate surface area is 123 Å². The van der Waals surface area contributed by atoms with Crippen LogP contribution in [-0.4, -0.2) is 26.2 Å². The lowest BCUT2D eigenvalue weighted by Gasteiger charge is -2.12. The van der Waals surface area contributed by atoms with Crippen LogP contribution in [0.2, 0.25) is 0 Å². The largest absolute Gasteiger partial charge is 0.398 e. The van der Waals surface area contributed by atoms with Crippen molar-refractivity contribution in [3.8, 4) is 0 Å². The van der Waals surface area contributed by atoms with Crippen molar-refractivity contribution < 1.29 is 13.5 Å². The zero-order valence-corrected chi connectivity index (χ0v) is 13.6. The van der Waals surface area contributed by atoms with E-state index in [-0.39, 0.29) is 17.1 Å². The molecule has 0 aliphatic rings. The summed E-state index contributed by atoms with van der Waals surface area (Å²) in [7, 11) is -3.69. The number of nitrogens with one attached hydrogen (secondary N) is 1. The number of nitrogen functional groups attached to an aromatic ring is 1. The first-order valence-corrected chi connectivity index (χ1v) is 8.23. The van der Waals surface area contributed by atoms with E-state index in [1.807, 2.05) is 0 Å². The molecule has 1 rings (SSSR count). The Morgan fingerprint density at radius 3 is 2.56 bits per heavy atom. The Kier molecular flexibility index (Phi) is 5.60. The summed E-state index contributed by atoms with van der Waals surface area (Å²) in [6.45, 7) is 1.75. The molecule has 0 bridgehead atoms. The van der Waals surface area contributed by atoms with Gasteiger partial charge in [0.05, 0.1) is 11.8 Å². The maximum Gasteiger partial charge on any atom is 0.243 e. The number of benzene rings is 1. The van der Waals surface area contributed by atoms with Crippen LogP contribution in [0.1, 0.15) is 13.3 Å². The molecule has 0 aromatic heterocycles. The van der Waals surface area contributed by atoms with E-state index < -0.39 is 16.1 Å². The molecule has 0 heterocycles. The minimum Gasteiger partial charge on any atom is -0.398 e. The van der Waals surface area contributed by atoms with Crippen LogP contribution >= 0.6 is 31.9 Å². The molecule has 8 heteroatoms. The molecule has 0 radical (unpaired) electrons. The van der Waals surface area contributed by atoms with Gasteiger partial charge in [0.1, 0.15) is 4.90 Å². The lowest BCUT2D eigenvalue weighted by Crippen LogP contribution is -2.27. The molecule has 4 N–H and O–H groups in total. The Bertz CT molecular complexity index is 509. The molecule has 0 amide bonds. The highest BCUT2D eigenvalue weighted by Gasteiger charge is 2.21. The van der Waals surface area contributed by atoms with Crippen molar-refractivity contribution in [2.45, 2.75) is 24.3 Å². The van der Waals surface area contributed by atoms with Crippen molar-refractivity contribution >= 4 is 47.6 Å². The second kappa shape index (κ2) is 6.33. The third-order valence-electron chi connectivity index (χ3n) is 2.16. The minimum absolute atomic E-state index is 0.0105. The Morgan fingerprint density at radius 1 is 1.44 bits per heavy atom. The van der Waals surface area contributed by atoms with Crippen LogP contribution in [0, 0.1) is 0 Å². The third-order valence-corrected chi connectivity index (χ3v) is 5.08. The van der Waals surface area contributed by atoms with Gasteiger partial charge in [-0.2, -0.15) is 0 Å². The molecular weight excluding hydrogens is 388 g/mol. The van der Waals surface area contributed by atoms with Crippen molar-refractivity contribution in [3.05, 3.63) is 21.1 Å². The molecule has 5 nitrogen and oxygen atoms in total. The van der Waals surface area contributed by atoms with Crippen LogP contribution in [0.15, 0.2) is 26.0 Å². The second-order valence-corrected chi connectivity index (χ2v) is 7.32. The molecule has 0 saturated carbocycles. The van der Waals surface area contributed by atoms with Gasteiger partial charge in [-0.3, -0.25) is 0 Å². The number of hydrogen-bond acceptors (Lipinski definition) is 4. The number of aliphatic hydroxyl groups excluding tert-OH is 1. The van der Waals surface area contributed by atoms with Crippen LogP contribution < -0.4 is 10.5 Å². The first-order chi connectivity index (χ1) is 8.24. The molecular formula is C10H14Br2N2O3S. The van der Waals surface area contributed by atoms with Gasteiger partial charge in [-0.15, -0.1) is 0 Å². The maximum atomic E-state index is 12.0. The summed E-state index contributed by atoms with van der Waals surface area (Å²) in [5, 5.41) is 9.09. The zero-order valence-electron chi connectivity index (χ0n) is 9.65. The van der Waals surface area contributed by atoms with E-state index in [4.69, 9.17) is 10.8 Å². The van der Waals surface area contributed by atoms with Crippen LogP contribution in [0.5, 0.6) is 0 Å². The maximum absolute atomic E-state index is 12.0. The van der Waals surface area contributed by atoms with Crippen molar-refractivity contribution in [2.75, 3.05) is 12.3 Å². The number of nitrogens with two attached hydrogens (primary N) is 1. The van der Waals surface area contributed by atoms with Crippen molar-refractivity contribution in [1.29, 1.82) is 0 Å². The number of halogens is 2. The fraction of sp³-hybridized carbons (Fsp3) is 0.400. The van der Waals surface area contributed by atoms with Crippen molar-refractivity contribution in [3.63, 3.8) is 0 Å². The van der Waals surface area contributed by atoms with Gasteiger partial charge >= 0.3 is 0 Å². The predicted molar refractivity (Wildman–Crippen MR) is 77.7 cm³/mol. The standard InChI is InChI=1S/C10H14Br2N2O3S/c1-6(15)2-3-14-18(16,17)10-8(12)4-7(11)5-9(10)13/h4-6,14-15H,2-3,13H2,1H3. The highest BCUT2D eigenvalue weighted by atomic mass is 79.9. The first-order valence-electron chi connectivity index (χ1n) is 5.16. The molecule has 0 fully saturated rings. The van der Waals surface area contributed by atoms with E-state index in [2.05, 4.69) is 36.6 Å². The first kappa shape index (κ1) is 15.9. The van der Waals surface area contributed by atoms with Crippen LogP contribution in [0.3, 0.4) is 0 Å². The predicted octanol–water partition coefficient (Wildman–Crippen LogP) is 1.84. The van der Waals surface area contributed by atoms with E-state index in [1.54, 1.807) is 13.0 Å². The van der Waals surface area contributed by atoms with Crippen molar-refractivity contribution in [2.24, 2.45) is 0 Å². The summed E-state index contributed by atoms with van der Waals surface area (Å²) in [4.78, 5) is 0.0105. The van der Waals surface area contributed by atoms with E-state index in [9.17, 15) is 8.42 Å². The zero-order chi connectivity index (χ0) is 13.9. The van der Waals surface area contributed by atoms with Crippen LogP contribution in [-0.2, 0) is 10.0 Å². The van der Waals surface area contributed by atoms with E-state index in [0.29, 0.717) is 15.4 Å². The average molecular weight is 402 g/mol. The summed E-state index contributed by atoms with van der Waals surface area (Å²) in [5.41, 5.74) is 5.86. The van der Waals surface area contributed by atoms with E-state index >= 15 is 0 Å². The number of sulfonamides is 1. The summed E-state index contributed by atoms with van der Waals surface area (Å²) in [6, 6.07) is 3.13. The Hall–Kier alpha value is -0.150. The van der Waals surface area contributed by atoms with Crippen LogP contribution in [0.25, 0.3) is 0 Å². The number of aliphatic hydroxyl groups is 1. The molecule has 0 saturated heterocycles. The smallest absolute Gasteiger partial charge is 0.243 e. The molecule has 1 aromatic carbocycles. The molecule has 18 heavy (non-hydrogen) atoms. The molecule has 1 atom stereocenters. The molecule has 0 aliphatic carbocycles. The van der Waals surface area contributed by atoms with Gasteiger partial charge in [0.25, 0.3) is 0 Å². The van der Waals surface area contributed by atoms with Gasteiger partial charge in [-0.05, 0) is 41.4 Å². The van der Waals surface area contributed by atoms with Gasteiger partial charge in [-0.25, -0.2) is 13.1 Å². The quantitative estimate of drug-likeness (QED) is 0.656. The number of rotatable bonds is 5. The second-order valence-electron chi connectivity index (χ2n) is 3.84. The van der Waals surface area contributed by atoms with Gasteiger partial charge in [0, 0.05) is 15.5 Å². The fourth-order valence-corrected chi connectivity index (χ4v) is 4.45. The molecule has 1 unspecified atom stereocenters. The van der Waals surface area contributed by atoms with Gasteiger partial charge in [0.15, 0.2) is 0 Å². The summed E-state index contributed by atoms with van der Waals surface area (Å²) < 4.78 is 27.6. The summed E-state index contributed by atoms with van der Waals surface area (Å²) in [5.74, 6) is 0. The topological polar surface area (TPSA) is 92.4 Å². The fourth-order valence-electron chi connectivity index (χ4n) is 1.34. The van der Waals surface area contributed by atoms with Gasteiger partial charge in [-0.1, -0.05) is 15.9 Å². The van der Waals surface area contributed by atoms with E-state index in [0.717, 1.165) is 0 Å². The Morgan fingerprint density at radius 2 is 2.06 bits per heavy atom. The Balaban J connectivity index is 2.99. The van der Waals surface area contributed by atoms with Gasteiger partial charge in [0.2, 0.25) is 10.0 Å².